The summed E-state index contributed by atoms with van der Waals surface area (Å²) in [6, 6.07) is 14.5. The molecule has 0 spiro atoms. The average Bonchev–Trinajstić information content (AvgIpc) is 2.56. The lowest BCUT2D eigenvalue weighted by molar-refractivity contribution is -0.155. The summed E-state index contributed by atoms with van der Waals surface area (Å²) < 4.78 is 11.4. The molecule has 0 heterocycles. The number of hydrogen-bond acceptors (Lipinski definition) is 4. The van der Waals surface area contributed by atoms with Gasteiger partial charge in [0.2, 0.25) is 0 Å². The molecule has 0 aliphatic carbocycles. The summed E-state index contributed by atoms with van der Waals surface area (Å²) in [6.07, 6.45) is -0.915. The molecule has 2 rings (SSSR count). The van der Waals surface area contributed by atoms with E-state index < -0.39 is 18.0 Å². The van der Waals surface area contributed by atoms with Crippen LogP contribution in [0.3, 0.4) is 0 Å². The van der Waals surface area contributed by atoms with Crippen molar-refractivity contribution in [2.24, 2.45) is 0 Å². The van der Waals surface area contributed by atoms with E-state index in [2.05, 4.69) is 21.2 Å². The highest BCUT2D eigenvalue weighted by Crippen LogP contribution is 2.16. The number of amides is 1. The Kier molecular flexibility index (Phi) is 6.37. The van der Waals surface area contributed by atoms with Crippen molar-refractivity contribution in [2.45, 2.75) is 20.0 Å². The molecule has 24 heavy (non-hydrogen) atoms. The van der Waals surface area contributed by atoms with Crippen LogP contribution in [0.4, 0.5) is 5.69 Å². The van der Waals surface area contributed by atoms with Crippen LogP contribution < -0.4 is 10.1 Å². The number of benzene rings is 2. The van der Waals surface area contributed by atoms with Crippen LogP contribution in [-0.4, -0.2) is 24.6 Å². The maximum Gasteiger partial charge on any atom is 0.344 e. The Hall–Kier alpha value is -2.34. The number of halogens is 1. The fraction of sp³-hybridized carbons (Fsp3) is 0.222. The predicted molar refractivity (Wildman–Crippen MR) is 95.0 cm³/mol. The number of hydrogen-bond donors (Lipinski definition) is 1. The minimum atomic E-state index is -0.915. The fourth-order valence-corrected chi connectivity index (χ4v) is 2.18. The van der Waals surface area contributed by atoms with E-state index in [9.17, 15) is 9.59 Å². The highest BCUT2D eigenvalue weighted by molar-refractivity contribution is 9.10. The zero-order valence-corrected chi connectivity index (χ0v) is 15.0. The van der Waals surface area contributed by atoms with Crippen molar-refractivity contribution in [3.63, 3.8) is 0 Å². The molecule has 0 aromatic heterocycles. The molecule has 0 fully saturated rings. The second kappa shape index (κ2) is 8.49. The molecule has 126 valence electrons. The lowest BCUT2D eigenvalue weighted by atomic mass is 10.2. The van der Waals surface area contributed by atoms with Crippen molar-refractivity contribution in [1.29, 1.82) is 0 Å². The Morgan fingerprint density at radius 1 is 1.12 bits per heavy atom. The summed E-state index contributed by atoms with van der Waals surface area (Å²) in [7, 11) is 0. The van der Waals surface area contributed by atoms with Gasteiger partial charge in [0.1, 0.15) is 5.75 Å². The lowest BCUT2D eigenvalue weighted by Gasteiger charge is -2.14. The molecule has 1 atom stereocenters. The molecule has 5 nitrogen and oxygen atoms in total. The normalized spacial score (nSPS) is 11.5. The standard InChI is InChI=1S/C18H18BrNO4/c1-12-5-3-4-6-16(12)23-11-17(21)24-13(2)18(22)20-15-9-7-14(19)8-10-15/h3-10,13H,11H2,1-2H3,(H,20,22)/t13-/m1/s1. The monoisotopic (exact) mass is 391 g/mol. The maximum atomic E-state index is 12.0. The van der Waals surface area contributed by atoms with Crippen LogP contribution in [0, 0.1) is 6.92 Å². The van der Waals surface area contributed by atoms with E-state index in [0.717, 1.165) is 10.0 Å². The SMILES string of the molecule is Cc1ccccc1OCC(=O)O[C@H](C)C(=O)Nc1ccc(Br)cc1. The van der Waals surface area contributed by atoms with Gasteiger partial charge in [0.05, 0.1) is 0 Å². The van der Waals surface area contributed by atoms with E-state index in [1.807, 2.05) is 37.3 Å². The van der Waals surface area contributed by atoms with E-state index >= 15 is 0 Å². The van der Waals surface area contributed by atoms with Crippen LogP contribution in [0.5, 0.6) is 5.75 Å². The Bertz CT molecular complexity index is 715. The molecule has 0 aliphatic rings. The first-order valence-electron chi connectivity index (χ1n) is 7.40. The van der Waals surface area contributed by atoms with Crippen LogP contribution in [-0.2, 0) is 14.3 Å². The second-order valence-corrected chi connectivity index (χ2v) is 6.10. The minimum Gasteiger partial charge on any atom is -0.482 e. The highest BCUT2D eigenvalue weighted by Gasteiger charge is 2.18. The molecule has 0 unspecified atom stereocenters. The smallest absolute Gasteiger partial charge is 0.344 e. The first-order chi connectivity index (χ1) is 11.5. The van der Waals surface area contributed by atoms with Gasteiger partial charge in [0.15, 0.2) is 12.7 Å². The minimum absolute atomic E-state index is 0.249. The van der Waals surface area contributed by atoms with E-state index in [0.29, 0.717) is 11.4 Å². The van der Waals surface area contributed by atoms with Crippen molar-refractivity contribution in [3.05, 3.63) is 58.6 Å². The number of nitrogens with one attached hydrogen (secondary N) is 1. The number of esters is 1. The summed E-state index contributed by atoms with van der Waals surface area (Å²) >= 11 is 3.32. The molecular formula is C18H18BrNO4. The molecule has 0 aliphatic heterocycles. The Morgan fingerprint density at radius 2 is 1.79 bits per heavy atom. The van der Waals surface area contributed by atoms with Crippen molar-refractivity contribution < 1.29 is 19.1 Å². The number of aryl methyl sites for hydroxylation is 1. The zero-order chi connectivity index (χ0) is 17.5. The lowest BCUT2D eigenvalue weighted by Crippen LogP contribution is -2.31. The van der Waals surface area contributed by atoms with Crippen LogP contribution in [0.1, 0.15) is 12.5 Å². The third kappa shape index (κ3) is 5.38. The molecule has 0 radical (unpaired) electrons. The van der Waals surface area contributed by atoms with Gasteiger partial charge in [0.25, 0.3) is 5.91 Å². The zero-order valence-electron chi connectivity index (χ0n) is 13.4. The summed E-state index contributed by atoms with van der Waals surface area (Å²) in [4.78, 5) is 23.8. The Morgan fingerprint density at radius 3 is 2.46 bits per heavy atom. The molecule has 1 N–H and O–H groups in total. The predicted octanol–water partition coefficient (Wildman–Crippen LogP) is 3.71. The number of carbonyl (C=O) groups is 2. The van der Waals surface area contributed by atoms with Gasteiger partial charge in [-0.3, -0.25) is 4.79 Å². The summed E-state index contributed by atoms with van der Waals surface area (Å²) in [6.45, 7) is 3.15. The molecule has 0 saturated carbocycles. The van der Waals surface area contributed by atoms with Crippen molar-refractivity contribution in [1.82, 2.24) is 0 Å². The van der Waals surface area contributed by atoms with Crippen LogP contribution in [0.25, 0.3) is 0 Å². The molecule has 2 aromatic carbocycles. The molecule has 0 bridgehead atoms. The number of carbonyl (C=O) groups excluding carboxylic acids is 2. The van der Waals surface area contributed by atoms with E-state index in [1.54, 1.807) is 18.2 Å². The highest BCUT2D eigenvalue weighted by atomic mass is 79.9. The first kappa shape index (κ1) is 18.0. The van der Waals surface area contributed by atoms with Gasteiger partial charge in [-0.15, -0.1) is 0 Å². The van der Waals surface area contributed by atoms with Gasteiger partial charge in [-0.1, -0.05) is 34.1 Å². The van der Waals surface area contributed by atoms with Crippen LogP contribution in [0.15, 0.2) is 53.0 Å². The van der Waals surface area contributed by atoms with E-state index in [-0.39, 0.29) is 6.61 Å². The number of rotatable bonds is 6. The van der Waals surface area contributed by atoms with Gasteiger partial charge >= 0.3 is 5.97 Å². The number of para-hydroxylation sites is 1. The molecule has 0 saturated heterocycles. The van der Waals surface area contributed by atoms with Gasteiger partial charge in [0, 0.05) is 10.2 Å². The number of ether oxygens (including phenoxy) is 2. The number of anilines is 1. The van der Waals surface area contributed by atoms with Crippen molar-refractivity contribution >= 4 is 33.5 Å². The largest absolute Gasteiger partial charge is 0.482 e. The molecule has 1 amide bonds. The van der Waals surface area contributed by atoms with Crippen LogP contribution in [0.2, 0.25) is 0 Å². The summed E-state index contributed by atoms with van der Waals surface area (Å²) in [5.41, 5.74) is 1.55. The Labute approximate surface area is 149 Å². The van der Waals surface area contributed by atoms with Gasteiger partial charge in [-0.05, 0) is 49.7 Å². The maximum absolute atomic E-state index is 12.0. The summed E-state index contributed by atoms with van der Waals surface area (Å²) in [5.74, 6) is -0.389. The average molecular weight is 392 g/mol. The van der Waals surface area contributed by atoms with Crippen molar-refractivity contribution in [3.8, 4) is 5.75 Å². The van der Waals surface area contributed by atoms with Crippen molar-refractivity contribution in [2.75, 3.05) is 11.9 Å². The van der Waals surface area contributed by atoms with E-state index in [4.69, 9.17) is 9.47 Å². The van der Waals surface area contributed by atoms with Crippen LogP contribution >= 0.6 is 15.9 Å². The molecule has 6 heteroatoms. The third-order valence-electron chi connectivity index (χ3n) is 3.23. The molecule has 2 aromatic rings. The van der Waals surface area contributed by atoms with E-state index in [1.165, 1.54) is 6.92 Å². The fourth-order valence-electron chi connectivity index (χ4n) is 1.92. The summed E-state index contributed by atoms with van der Waals surface area (Å²) in [5, 5.41) is 2.68. The third-order valence-corrected chi connectivity index (χ3v) is 3.76. The first-order valence-corrected chi connectivity index (χ1v) is 8.19. The topological polar surface area (TPSA) is 64.6 Å². The second-order valence-electron chi connectivity index (χ2n) is 5.18. The molecular weight excluding hydrogens is 374 g/mol. The van der Waals surface area contributed by atoms with Gasteiger partial charge in [-0.2, -0.15) is 0 Å². The van der Waals surface area contributed by atoms with Gasteiger partial charge < -0.3 is 14.8 Å². The van der Waals surface area contributed by atoms with Gasteiger partial charge in [-0.25, -0.2) is 4.79 Å². The Balaban J connectivity index is 1.81. The quantitative estimate of drug-likeness (QED) is 0.762.